The smallest absolute Gasteiger partial charge is 0.344 e. The summed E-state index contributed by atoms with van der Waals surface area (Å²) in [6.45, 7) is 0.720. The summed E-state index contributed by atoms with van der Waals surface area (Å²) in [5.74, 6) is -0.216. The number of ether oxygens (including phenoxy) is 2. The molecule has 0 saturated carbocycles. The molecule has 40 heavy (non-hydrogen) atoms. The normalized spacial score (nSPS) is 12.1. The lowest BCUT2D eigenvalue weighted by Gasteiger charge is -2.13. The largest absolute Gasteiger partial charge is 0.482 e. The van der Waals surface area contributed by atoms with Crippen molar-refractivity contribution in [3.63, 3.8) is 0 Å². The molecule has 0 fully saturated rings. The van der Waals surface area contributed by atoms with Crippen LogP contribution in [0.2, 0.25) is 5.02 Å². The van der Waals surface area contributed by atoms with E-state index in [0.29, 0.717) is 36.0 Å². The molecular weight excluding hydrogens is 552 g/mol. The van der Waals surface area contributed by atoms with Gasteiger partial charge in [0.1, 0.15) is 12.4 Å². The number of hydrogen-bond acceptors (Lipinski definition) is 8. The number of nitrogens with one attached hydrogen (secondary N) is 1. The summed E-state index contributed by atoms with van der Waals surface area (Å²) in [7, 11) is -3.73. The number of hydrogen-bond donors (Lipinski definition) is 2. The van der Waals surface area contributed by atoms with Gasteiger partial charge in [0, 0.05) is 17.8 Å². The maximum Gasteiger partial charge on any atom is 0.344 e. The van der Waals surface area contributed by atoms with Crippen LogP contribution in [0.15, 0.2) is 107 Å². The van der Waals surface area contributed by atoms with Crippen LogP contribution in [0.1, 0.15) is 22.9 Å². The third-order valence-electron chi connectivity index (χ3n) is 5.99. The number of esters is 1. The average Bonchev–Trinajstić information content (AvgIpc) is 2.98. The second-order valence-corrected chi connectivity index (χ2v) is 11.3. The van der Waals surface area contributed by atoms with E-state index in [-0.39, 0.29) is 23.0 Å². The highest BCUT2D eigenvalue weighted by atomic mass is 35.5. The summed E-state index contributed by atoms with van der Waals surface area (Å²) in [4.78, 5) is 16.3. The fourth-order valence-corrected chi connectivity index (χ4v) is 5.27. The lowest BCUT2D eigenvalue weighted by Crippen LogP contribution is -2.23. The predicted octanol–water partition coefficient (Wildman–Crippen LogP) is 4.56. The summed E-state index contributed by atoms with van der Waals surface area (Å²) >= 11 is 5.97. The monoisotopic (exact) mass is 580 g/mol. The number of aliphatic hydroxyl groups excluding tert-OH is 1. The van der Waals surface area contributed by atoms with E-state index >= 15 is 0 Å². The number of sulfone groups is 1. The molecule has 4 rings (SSSR count). The third-order valence-corrected chi connectivity index (χ3v) is 8.01. The number of nitrogens with zero attached hydrogens (tertiary/aromatic N) is 1. The van der Waals surface area contributed by atoms with E-state index in [1.807, 2.05) is 6.07 Å². The van der Waals surface area contributed by atoms with E-state index in [0.717, 1.165) is 11.1 Å². The molecule has 10 heteroatoms. The summed E-state index contributed by atoms with van der Waals surface area (Å²) in [5.41, 5.74) is 2.33. The number of aliphatic hydroxyl groups is 1. The van der Waals surface area contributed by atoms with Crippen molar-refractivity contribution in [2.75, 3.05) is 19.7 Å². The third kappa shape index (κ3) is 8.37. The summed E-state index contributed by atoms with van der Waals surface area (Å²) in [6.07, 6.45) is 1.61. The van der Waals surface area contributed by atoms with Gasteiger partial charge in [0.15, 0.2) is 6.61 Å². The molecule has 0 aliphatic rings. The van der Waals surface area contributed by atoms with E-state index in [4.69, 9.17) is 21.1 Å². The van der Waals surface area contributed by atoms with Gasteiger partial charge in [0.2, 0.25) is 9.84 Å². The van der Waals surface area contributed by atoms with Crippen LogP contribution in [0, 0.1) is 0 Å². The van der Waals surface area contributed by atoms with Crippen molar-refractivity contribution >= 4 is 27.4 Å². The van der Waals surface area contributed by atoms with Crippen LogP contribution in [0.5, 0.6) is 5.75 Å². The minimum Gasteiger partial charge on any atom is -0.482 e. The van der Waals surface area contributed by atoms with Gasteiger partial charge in [-0.25, -0.2) is 13.2 Å². The van der Waals surface area contributed by atoms with Crippen LogP contribution < -0.4 is 10.1 Å². The number of rotatable bonds is 13. The quantitative estimate of drug-likeness (QED) is 0.175. The molecule has 1 atom stereocenters. The predicted molar refractivity (Wildman–Crippen MR) is 151 cm³/mol. The highest BCUT2D eigenvalue weighted by Crippen LogP contribution is 2.24. The van der Waals surface area contributed by atoms with Crippen molar-refractivity contribution in [1.82, 2.24) is 10.3 Å². The first kappa shape index (κ1) is 29.2. The number of pyridine rings is 1. The lowest BCUT2D eigenvalue weighted by molar-refractivity contribution is -0.147. The van der Waals surface area contributed by atoms with Crippen LogP contribution >= 0.6 is 11.6 Å². The van der Waals surface area contributed by atoms with Crippen molar-refractivity contribution in [3.05, 3.63) is 119 Å². The fraction of sp³-hybridized carbons (Fsp3) is 0.200. The maximum absolute atomic E-state index is 13.1. The fourth-order valence-electron chi connectivity index (χ4n) is 3.81. The Hall–Kier alpha value is -3.76. The molecule has 1 heterocycles. The number of benzene rings is 3. The first-order valence-electron chi connectivity index (χ1n) is 12.6. The van der Waals surface area contributed by atoms with Crippen molar-refractivity contribution in [2.24, 2.45) is 0 Å². The average molecular weight is 581 g/mol. The molecular formula is C30H29ClN2O6S. The van der Waals surface area contributed by atoms with E-state index < -0.39 is 21.9 Å². The zero-order valence-electron chi connectivity index (χ0n) is 21.6. The van der Waals surface area contributed by atoms with Crippen molar-refractivity contribution in [1.29, 1.82) is 0 Å². The van der Waals surface area contributed by atoms with Crippen LogP contribution in [0.25, 0.3) is 0 Å². The molecule has 0 radical (unpaired) electrons. The zero-order chi connectivity index (χ0) is 28.4. The molecule has 2 N–H and O–H groups in total. The highest BCUT2D eigenvalue weighted by Gasteiger charge is 2.18. The van der Waals surface area contributed by atoms with Gasteiger partial charge < -0.3 is 19.9 Å². The van der Waals surface area contributed by atoms with Gasteiger partial charge in [0.25, 0.3) is 0 Å². The van der Waals surface area contributed by atoms with Gasteiger partial charge in [-0.3, -0.25) is 4.98 Å². The minimum absolute atomic E-state index is 0.0443. The molecule has 0 aliphatic heterocycles. The Morgan fingerprint density at radius 1 is 0.950 bits per heavy atom. The summed E-state index contributed by atoms with van der Waals surface area (Å²) < 4.78 is 36.7. The van der Waals surface area contributed by atoms with Gasteiger partial charge in [-0.05, 0) is 84.8 Å². The maximum atomic E-state index is 13.1. The number of halogens is 1. The van der Waals surface area contributed by atoms with Crippen LogP contribution in [0.4, 0.5) is 0 Å². The summed E-state index contributed by atoms with van der Waals surface area (Å²) in [6, 6.07) is 25.0. The Balaban J connectivity index is 1.23. The second kappa shape index (κ2) is 14.0. The molecule has 0 bridgehead atoms. The van der Waals surface area contributed by atoms with E-state index in [1.165, 1.54) is 24.3 Å². The molecule has 3 aromatic carbocycles. The first-order valence-corrected chi connectivity index (χ1v) is 14.4. The first-order chi connectivity index (χ1) is 19.3. The SMILES string of the molecule is O=C(COc1ccc(S(=O)(=O)c2ccc(CCNC[C@H](O)c3cccc(Cl)c3)cc2)cc1)OCc1ccccn1. The molecule has 0 aliphatic carbocycles. The van der Waals surface area contributed by atoms with E-state index in [9.17, 15) is 18.3 Å². The van der Waals surface area contributed by atoms with Gasteiger partial charge in [-0.15, -0.1) is 0 Å². The lowest BCUT2D eigenvalue weighted by atomic mass is 10.1. The molecule has 0 unspecified atom stereocenters. The van der Waals surface area contributed by atoms with Gasteiger partial charge >= 0.3 is 5.97 Å². The van der Waals surface area contributed by atoms with Crippen molar-refractivity contribution < 1.29 is 27.8 Å². The minimum atomic E-state index is -3.73. The van der Waals surface area contributed by atoms with Crippen LogP contribution in [-0.2, 0) is 32.4 Å². The van der Waals surface area contributed by atoms with Gasteiger partial charge in [0.05, 0.1) is 21.6 Å². The number of carbonyl (C=O) groups excluding carboxylic acids is 1. The standard InChI is InChI=1S/C30H29ClN2O6S/c31-24-5-3-4-23(18-24)29(34)19-32-17-15-22-7-11-27(12-8-22)40(36,37)28-13-9-26(10-14-28)38-21-30(35)39-20-25-6-1-2-16-33-25/h1-14,16,18,29,32,34H,15,17,19-21H2/t29-/m0/s1. The molecule has 0 amide bonds. The second-order valence-electron chi connectivity index (χ2n) is 8.91. The molecule has 1 aromatic heterocycles. The Bertz CT molecular complexity index is 1500. The molecule has 0 saturated heterocycles. The van der Waals surface area contributed by atoms with Gasteiger partial charge in [-0.2, -0.15) is 0 Å². The Labute approximate surface area is 238 Å². The molecule has 208 valence electrons. The van der Waals surface area contributed by atoms with Crippen LogP contribution in [0.3, 0.4) is 0 Å². The van der Waals surface area contributed by atoms with Gasteiger partial charge in [-0.1, -0.05) is 41.9 Å². The zero-order valence-corrected chi connectivity index (χ0v) is 23.1. The molecule has 0 spiro atoms. The van der Waals surface area contributed by atoms with E-state index in [1.54, 1.807) is 66.9 Å². The Morgan fingerprint density at radius 2 is 1.68 bits per heavy atom. The topological polar surface area (TPSA) is 115 Å². The summed E-state index contributed by atoms with van der Waals surface area (Å²) in [5, 5.41) is 14.1. The van der Waals surface area contributed by atoms with Crippen molar-refractivity contribution in [2.45, 2.75) is 28.9 Å². The molecule has 4 aromatic rings. The van der Waals surface area contributed by atoms with E-state index in [2.05, 4.69) is 10.3 Å². The van der Waals surface area contributed by atoms with Crippen LogP contribution in [-0.4, -0.2) is 44.2 Å². The van der Waals surface area contributed by atoms with Crippen molar-refractivity contribution in [3.8, 4) is 5.75 Å². The Kier molecular flexibility index (Phi) is 10.3. The number of aromatic nitrogens is 1. The molecule has 8 nitrogen and oxygen atoms in total. The highest BCUT2D eigenvalue weighted by molar-refractivity contribution is 7.91. The number of carbonyl (C=O) groups is 1. The Morgan fingerprint density at radius 3 is 2.35 bits per heavy atom.